The topological polar surface area (TPSA) is 41.6 Å². The van der Waals surface area contributed by atoms with Crippen LogP contribution < -0.4 is 10.1 Å². The van der Waals surface area contributed by atoms with E-state index in [1.165, 1.54) is 37.0 Å². The van der Waals surface area contributed by atoms with E-state index < -0.39 is 0 Å². The number of carbonyl (C=O) groups is 1. The highest BCUT2D eigenvalue weighted by Crippen LogP contribution is 2.16. The lowest BCUT2D eigenvalue weighted by atomic mass is 10.0. The van der Waals surface area contributed by atoms with Crippen LogP contribution in [0.4, 0.5) is 4.39 Å². The van der Waals surface area contributed by atoms with Crippen molar-refractivity contribution in [3.8, 4) is 5.75 Å². The van der Waals surface area contributed by atoms with Crippen LogP contribution in [0.25, 0.3) is 0 Å². The zero-order valence-corrected chi connectivity index (χ0v) is 14.9. The predicted molar refractivity (Wildman–Crippen MR) is 99.3 cm³/mol. The molecule has 0 spiro atoms. The number of piperidine rings is 1. The van der Waals surface area contributed by atoms with E-state index in [2.05, 4.69) is 16.3 Å². The predicted octanol–water partition coefficient (Wildman–Crippen LogP) is 3.51. The fourth-order valence-corrected chi connectivity index (χ4v) is 3.19. The van der Waals surface area contributed by atoms with Crippen molar-refractivity contribution < 1.29 is 13.9 Å². The van der Waals surface area contributed by atoms with Gasteiger partial charge in [-0.1, -0.05) is 36.8 Å². The Kier molecular flexibility index (Phi) is 6.61. The van der Waals surface area contributed by atoms with E-state index in [0.29, 0.717) is 12.3 Å². The van der Waals surface area contributed by atoms with E-state index in [1.54, 1.807) is 12.1 Å². The normalized spacial score (nSPS) is 14.8. The molecule has 1 heterocycles. The molecule has 1 amide bonds. The van der Waals surface area contributed by atoms with Crippen LogP contribution in [-0.2, 0) is 17.9 Å². The van der Waals surface area contributed by atoms with Gasteiger partial charge >= 0.3 is 0 Å². The third kappa shape index (κ3) is 5.56. The number of hydrogen-bond acceptors (Lipinski definition) is 3. The van der Waals surface area contributed by atoms with Gasteiger partial charge in [-0.25, -0.2) is 4.39 Å². The van der Waals surface area contributed by atoms with Crippen LogP contribution in [0.3, 0.4) is 0 Å². The van der Waals surface area contributed by atoms with Gasteiger partial charge in [-0.05, 0) is 49.2 Å². The monoisotopic (exact) mass is 356 g/mol. The Balaban J connectivity index is 1.50. The maximum Gasteiger partial charge on any atom is 0.258 e. The van der Waals surface area contributed by atoms with E-state index in [1.807, 2.05) is 18.2 Å². The van der Waals surface area contributed by atoms with E-state index >= 15 is 0 Å². The lowest BCUT2D eigenvalue weighted by Gasteiger charge is -2.27. The second-order valence-corrected chi connectivity index (χ2v) is 6.63. The third-order valence-corrected chi connectivity index (χ3v) is 4.60. The number of benzene rings is 2. The van der Waals surface area contributed by atoms with Crippen LogP contribution in [0.15, 0.2) is 48.5 Å². The van der Waals surface area contributed by atoms with Gasteiger partial charge < -0.3 is 10.1 Å². The highest BCUT2D eigenvalue weighted by Gasteiger charge is 2.13. The summed E-state index contributed by atoms with van der Waals surface area (Å²) in [4.78, 5) is 14.5. The Morgan fingerprint density at radius 1 is 1.04 bits per heavy atom. The number of nitrogens with zero attached hydrogens (tertiary/aromatic N) is 1. The van der Waals surface area contributed by atoms with Crippen molar-refractivity contribution in [1.29, 1.82) is 0 Å². The summed E-state index contributed by atoms with van der Waals surface area (Å²) in [6.45, 7) is 3.54. The van der Waals surface area contributed by atoms with Gasteiger partial charge in [0.2, 0.25) is 0 Å². The van der Waals surface area contributed by atoms with Crippen LogP contribution in [0, 0.1) is 5.82 Å². The van der Waals surface area contributed by atoms with Crippen molar-refractivity contribution >= 4 is 5.91 Å². The van der Waals surface area contributed by atoms with Crippen molar-refractivity contribution in [1.82, 2.24) is 10.2 Å². The molecule has 4 nitrogen and oxygen atoms in total. The number of ether oxygens (including phenoxy) is 1. The largest absolute Gasteiger partial charge is 0.484 e. The lowest BCUT2D eigenvalue weighted by Crippen LogP contribution is -2.31. The van der Waals surface area contributed by atoms with Crippen molar-refractivity contribution in [3.63, 3.8) is 0 Å². The molecule has 1 aliphatic heterocycles. The number of likely N-dealkylation sites (tertiary alicyclic amines) is 1. The van der Waals surface area contributed by atoms with Gasteiger partial charge in [0.1, 0.15) is 11.6 Å². The SMILES string of the molecule is O=C(COc1cccc(F)c1)NCc1ccccc1CN1CCCCC1. The molecule has 5 heteroatoms. The zero-order valence-electron chi connectivity index (χ0n) is 14.9. The molecule has 0 atom stereocenters. The molecule has 0 radical (unpaired) electrons. The second kappa shape index (κ2) is 9.34. The molecule has 1 aliphatic rings. The van der Waals surface area contributed by atoms with Crippen molar-refractivity contribution in [3.05, 3.63) is 65.5 Å². The third-order valence-electron chi connectivity index (χ3n) is 4.60. The van der Waals surface area contributed by atoms with Crippen molar-refractivity contribution in [2.75, 3.05) is 19.7 Å². The number of hydrogen-bond donors (Lipinski definition) is 1. The summed E-state index contributed by atoms with van der Waals surface area (Å²) in [5.74, 6) is -0.248. The Morgan fingerprint density at radius 2 is 1.81 bits per heavy atom. The number of carbonyl (C=O) groups excluding carboxylic acids is 1. The molecule has 2 aromatic carbocycles. The first-order chi connectivity index (χ1) is 12.7. The number of nitrogens with one attached hydrogen (secondary N) is 1. The minimum Gasteiger partial charge on any atom is -0.484 e. The van der Waals surface area contributed by atoms with Gasteiger partial charge in [-0.3, -0.25) is 9.69 Å². The molecule has 2 aromatic rings. The van der Waals surface area contributed by atoms with Crippen LogP contribution in [0.5, 0.6) is 5.75 Å². The summed E-state index contributed by atoms with van der Waals surface area (Å²) >= 11 is 0. The molecule has 0 aromatic heterocycles. The Morgan fingerprint density at radius 3 is 2.58 bits per heavy atom. The minimum absolute atomic E-state index is 0.127. The van der Waals surface area contributed by atoms with E-state index in [9.17, 15) is 9.18 Å². The minimum atomic E-state index is -0.380. The van der Waals surface area contributed by atoms with Crippen LogP contribution >= 0.6 is 0 Å². The highest BCUT2D eigenvalue weighted by atomic mass is 19.1. The molecule has 138 valence electrons. The van der Waals surface area contributed by atoms with Gasteiger partial charge in [-0.2, -0.15) is 0 Å². The van der Waals surface area contributed by atoms with Gasteiger partial charge in [0.25, 0.3) is 5.91 Å². The first kappa shape index (κ1) is 18.4. The molecule has 0 unspecified atom stereocenters. The van der Waals surface area contributed by atoms with Gasteiger partial charge in [0.15, 0.2) is 6.61 Å². The molecule has 1 saturated heterocycles. The summed E-state index contributed by atoms with van der Waals surface area (Å²) in [5.41, 5.74) is 2.37. The standard InChI is InChI=1S/C21H25FN2O2/c22-19-9-6-10-20(13-19)26-16-21(25)23-14-17-7-2-3-8-18(17)15-24-11-4-1-5-12-24/h2-3,6-10,13H,1,4-5,11-12,14-16H2,(H,23,25). The number of rotatable bonds is 7. The average Bonchev–Trinajstić information content (AvgIpc) is 2.66. The van der Waals surface area contributed by atoms with Crippen molar-refractivity contribution in [2.24, 2.45) is 0 Å². The summed E-state index contributed by atoms with van der Waals surface area (Å²) in [7, 11) is 0. The lowest BCUT2D eigenvalue weighted by molar-refractivity contribution is -0.123. The first-order valence-corrected chi connectivity index (χ1v) is 9.15. The van der Waals surface area contributed by atoms with E-state index in [0.717, 1.165) is 25.2 Å². The summed E-state index contributed by atoms with van der Waals surface area (Å²) in [6, 6.07) is 14.0. The summed E-state index contributed by atoms with van der Waals surface area (Å²) in [5, 5.41) is 2.89. The molecule has 3 rings (SSSR count). The summed E-state index contributed by atoms with van der Waals surface area (Å²) in [6.07, 6.45) is 3.84. The van der Waals surface area contributed by atoms with E-state index in [4.69, 9.17) is 4.74 Å². The van der Waals surface area contributed by atoms with Crippen LogP contribution in [0.1, 0.15) is 30.4 Å². The highest BCUT2D eigenvalue weighted by molar-refractivity contribution is 5.77. The maximum absolute atomic E-state index is 13.1. The molecule has 26 heavy (non-hydrogen) atoms. The van der Waals surface area contributed by atoms with E-state index in [-0.39, 0.29) is 18.3 Å². The molecule has 0 saturated carbocycles. The van der Waals surface area contributed by atoms with Crippen molar-refractivity contribution in [2.45, 2.75) is 32.4 Å². The Bertz CT molecular complexity index is 729. The second-order valence-electron chi connectivity index (χ2n) is 6.63. The van der Waals surface area contributed by atoms with Gasteiger partial charge in [0, 0.05) is 19.2 Å². The van der Waals surface area contributed by atoms with Gasteiger partial charge in [-0.15, -0.1) is 0 Å². The molecule has 1 N–H and O–H groups in total. The maximum atomic E-state index is 13.1. The molecular weight excluding hydrogens is 331 g/mol. The smallest absolute Gasteiger partial charge is 0.258 e. The van der Waals surface area contributed by atoms with Crippen LogP contribution in [0.2, 0.25) is 0 Å². The molecule has 0 bridgehead atoms. The number of amides is 1. The Hall–Kier alpha value is -2.40. The Labute approximate surface area is 154 Å². The zero-order chi connectivity index (χ0) is 18.2. The fraction of sp³-hybridized carbons (Fsp3) is 0.381. The molecule has 0 aliphatic carbocycles. The average molecular weight is 356 g/mol. The summed E-state index contributed by atoms with van der Waals surface area (Å²) < 4.78 is 18.4. The quantitative estimate of drug-likeness (QED) is 0.825. The molecular formula is C21H25FN2O2. The van der Waals surface area contributed by atoms with Crippen LogP contribution in [-0.4, -0.2) is 30.5 Å². The fourth-order valence-electron chi connectivity index (χ4n) is 3.19. The number of halogens is 1. The first-order valence-electron chi connectivity index (χ1n) is 9.15. The van der Waals surface area contributed by atoms with Gasteiger partial charge in [0.05, 0.1) is 0 Å². The molecule has 1 fully saturated rings.